The predicted molar refractivity (Wildman–Crippen MR) is 79.0 cm³/mol. The maximum absolute atomic E-state index is 12.2. The molecule has 0 radical (unpaired) electrons. The normalized spacial score (nSPS) is 11.9. The van der Waals surface area contributed by atoms with E-state index < -0.39 is 10.0 Å². The maximum Gasteiger partial charge on any atom is 0.249 e. The number of anilines is 2. The first-order valence-corrected chi connectivity index (χ1v) is 8.46. The molecule has 104 valence electrons. The Morgan fingerprint density at radius 2 is 2.21 bits per heavy atom. The van der Waals surface area contributed by atoms with Gasteiger partial charge in [-0.05, 0) is 23.0 Å². The highest BCUT2D eigenvalue weighted by Gasteiger charge is 2.27. The summed E-state index contributed by atoms with van der Waals surface area (Å²) < 4.78 is 29.4. The van der Waals surface area contributed by atoms with E-state index in [-0.39, 0.29) is 10.7 Å². The molecule has 0 aliphatic carbocycles. The molecule has 0 aliphatic heterocycles. The average molecular weight is 318 g/mol. The third-order valence-electron chi connectivity index (χ3n) is 2.42. The molecule has 0 atom stereocenters. The van der Waals surface area contributed by atoms with Crippen molar-refractivity contribution in [2.75, 3.05) is 25.1 Å². The fraction of sp³-hybridized carbons (Fsp3) is 0.300. The van der Waals surface area contributed by atoms with E-state index in [1.54, 1.807) is 11.3 Å². The van der Waals surface area contributed by atoms with Gasteiger partial charge < -0.3 is 11.1 Å². The number of nitrogens with two attached hydrogens (primary N) is 1. The van der Waals surface area contributed by atoms with E-state index in [0.29, 0.717) is 11.5 Å². The van der Waals surface area contributed by atoms with Crippen LogP contribution >= 0.6 is 22.9 Å². The molecule has 19 heavy (non-hydrogen) atoms. The summed E-state index contributed by atoms with van der Waals surface area (Å²) in [5.41, 5.74) is 5.67. The first-order valence-electron chi connectivity index (χ1n) is 5.37. The third-order valence-corrected chi connectivity index (χ3v) is 6.13. The Hall–Kier alpha value is -1.16. The minimum absolute atomic E-state index is 0.0346. The van der Waals surface area contributed by atoms with Crippen LogP contribution in [0.3, 0.4) is 0 Å². The Labute approximate surface area is 120 Å². The number of hydrogen-bond donors (Lipinski definition) is 2. The van der Waals surface area contributed by atoms with Crippen molar-refractivity contribution in [2.24, 2.45) is 0 Å². The van der Waals surface area contributed by atoms with E-state index in [1.165, 1.54) is 14.1 Å². The molecule has 2 heterocycles. The molecule has 0 saturated carbocycles. The van der Waals surface area contributed by atoms with Gasteiger partial charge in [-0.1, -0.05) is 6.07 Å². The fourth-order valence-corrected chi connectivity index (χ4v) is 4.14. The van der Waals surface area contributed by atoms with Crippen LogP contribution in [0.25, 0.3) is 0 Å². The van der Waals surface area contributed by atoms with Crippen molar-refractivity contribution >= 4 is 43.7 Å². The second kappa shape index (κ2) is 5.45. The smallest absolute Gasteiger partial charge is 0.249 e. The number of nitrogens with one attached hydrogen (secondary N) is 1. The van der Waals surface area contributed by atoms with Crippen molar-refractivity contribution in [1.82, 2.24) is 8.68 Å². The second-order valence-corrected chi connectivity index (χ2v) is 7.84. The van der Waals surface area contributed by atoms with Gasteiger partial charge in [0, 0.05) is 19.0 Å². The van der Waals surface area contributed by atoms with Crippen LogP contribution in [0.4, 0.5) is 10.8 Å². The van der Waals surface area contributed by atoms with Crippen molar-refractivity contribution in [1.29, 1.82) is 0 Å². The van der Waals surface area contributed by atoms with Crippen LogP contribution < -0.4 is 11.1 Å². The zero-order chi connectivity index (χ0) is 14.0. The molecular formula is C10H14N4O2S3. The molecule has 0 aliphatic rings. The summed E-state index contributed by atoms with van der Waals surface area (Å²) >= 11 is 2.65. The molecule has 2 aromatic heterocycles. The summed E-state index contributed by atoms with van der Waals surface area (Å²) in [5, 5.41) is 5.52. The standard InChI is InChI=1S/C10H14N4O2S3/c1-14(2)19(15,16)8-9(11)13-18-10(8)12-6-7-4-3-5-17-7/h3-5,12H,6H2,1-2H3,(H2,11,13). The highest BCUT2D eigenvalue weighted by atomic mass is 32.2. The molecule has 2 aromatic rings. The van der Waals surface area contributed by atoms with E-state index >= 15 is 0 Å². The lowest BCUT2D eigenvalue weighted by Gasteiger charge is -2.12. The summed E-state index contributed by atoms with van der Waals surface area (Å²) in [6.07, 6.45) is 0. The highest BCUT2D eigenvalue weighted by molar-refractivity contribution is 7.89. The first-order chi connectivity index (χ1) is 8.93. The molecule has 0 fully saturated rings. The quantitative estimate of drug-likeness (QED) is 0.875. The average Bonchev–Trinajstić information content (AvgIpc) is 2.95. The van der Waals surface area contributed by atoms with Gasteiger partial charge in [-0.3, -0.25) is 0 Å². The van der Waals surface area contributed by atoms with Gasteiger partial charge in [-0.25, -0.2) is 12.7 Å². The molecule has 0 unspecified atom stereocenters. The number of nitrogens with zero attached hydrogens (tertiary/aromatic N) is 2. The topological polar surface area (TPSA) is 88.3 Å². The van der Waals surface area contributed by atoms with Gasteiger partial charge in [0.15, 0.2) is 10.7 Å². The zero-order valence-electron chi connectivity index (χ0n) is 10.5. The second-order valence-electron chi connectivity index (χ2n) is 3.95. The number of rotatable bonds is 5. The minimum atomic E-state index is -3.59. The van der Waals surface area contributed by atoms with E-state index in [2.05, 4.69) is 9.69 Å². The molecule has 0 saturated heterocycles. The van der Waals surface area contributed by atoms with Crippen LogP contribution in [0.1, 0.15) is 4.88 Å². The fourth-order valence-electron chi connectivity index (χ4n) is 1.42. The van der Waals surface area contributed by atoms with E-state index in [9.17, 15) is 8.42 Å². The SMILES string of the molecule is CN(C)S(=O)(=O)c1c(N)nsc1NCc1cccs1. The van der Waals surface area contributed by atoms with Crippen molar-refractivity contribution in [3.63, 3.8) is 0 Å². The molecule has 0 amide bonds. The van der Waals surface area contributed by atoms with Crippen molar-refractivity contribution in [2.45, 2.75) is 11.4 Å². The lowest BCUT2D eigenvalue weighted by atomic mass is 10.4. The van der Waals surface area contributed by atoms with Crippen molar-refractivity contribution in [3.8, 4) is 0 Å². The van der Waals surface area contributed by atoms with Gasteiger partial charge in [0.1, 0.15) is 5.00 Å². The number of nitrogen functional groups attached to an aromatic ring is 1. The van der Waals surface area contributed by atoms with E-state index in [4.69, 9.17) is 5.73 Å². The molecule has 3 N–H and O–H groups in total. The summed E-state index contributed by atoms with van der Waals surface area (Å²) in [5.74, 6) is 0.0346. The van der Waals surface area contributed by atoms with Crippen molar-refractivity contribution < 1.29 is 8.42 Å². The van der Waals surface area contributed by atoms with Crippen LogP contribution in [0, 0.1) is 0 Å². The Morgan fingerprint density at radius 3 is 2.79 bits per heavy atom. The predicted octanol–water partition coefficient (Wildman–Crippen LogP) is 1.65. The Bertz CT molecular complexity index is 646. The van der Waals surface area contributed by atoms with Crippen LogP contribution in [-0.2, 0) is 16.6 Å². The van der Waals surface area contributed by atoms with Gasteiger partial charge in [-0.2, -0.15) is 4.37 Å². The maximum atomic E-state index is 12.2. The highest BCUT2D eigenvalue weighted by Crippen LogP contribution is 2.33. The number of sulfonamides is 1. The molecule has 2 rings (SSSR count). The summed E-state index contributed by atoms with van der Waals surface area (Å²) in [4.78, 5) is 1.17. The Balaban J connectivity index is 2.28. The molecule has 0 spiro atoms. The number of thiophene rings is 1. The first kappa shape index (κ1) is 14.3. The van der Waals surface area contributed by atoms with Gasteiger partial charge in [0.25, 0.3) is 0 Å². The third kappa shape index (κ3) is 2.89. The molecule has 6 nitrogen and oxygen atoms in total. The lowest BCUT2D eigenvalue weighted by Crippen LogP contribution is -2.23. The molecule has 9 heteroatoms. The zero-order valence-corrected chi connectivity index (χ0v) is 12.9. The summed E-state index contributed by atoms with van der Waals surface area (Å²) in [7, 11) is -0.653. The van der Waals surface area contributed by atoms with Gasteiger partial charge in [-0.15, -0.1) is 11.3 Å². The molecular weight excluding hydrogens is 304 g/mol. The van der Waals surface area contributed by atoms with E-state index in [1.807, 2.05) is 17.5 Å². The van der Waals surface area contributed by atoms with E-state index in [0.717, 1.165) is 20.7 Å². The lowest BCUT2D eigenvalue weighted by molar-refractivity contribution is 0.521. The van der Waals surface area contributed by atoms with Crippen LogP contribution in [-0.4, -0.2) is 31.2 Å². The Kier molecular flexibility index (Phi) is 4.09. The van der Waals surface area contributed by atoms with Crippen LogP contribution in [0.15, 0.2) is 22.4 Å². The minimum Gasteiger partial charge on any atom is -0.382 e. The number of aromatic nitrogens is 1. The van der Waals surface area contributed by atoms with Crippen LogP contribution in [0.2, 0.25) is 0 Å². The summed E-state index contributed by atoms with van der Waals surface area (Å²) in [6, 6.07) is 3.92. The van der Waals surface area contributed by atoms with Crippen molar-refractivity contribution in [3.05, 3.63) is 22.4 Å². The number of hydrogen-bond acceptors (Lipinski definition) is 7. The van der Waals surface area contributed by atoms with Gasteiger partial charge in [0.2, 0.25) is 10.0 Å². The summed E-state index contributed by atoms with van der Waals surface area (Å²) in [6.45, 7) is 0.551. The molecule has 0 bridgehead atoms. The Morgan fingerprint density at radius 1 is 1.47 bits per heavy atom. The van der Waals surface area contributed by atoms with Gasteiger partial charge >= 0.3 is 0 Å². The monoisotopic (exact) mass is 318 g/mol. The molecule has 0 aromatic carbocycles. The largest absolute Gasteiger partial charge is 0.382 e. The van der Waals surface area contributed by atoms with Gasteiger partial charge in [0.05, 0.1) is 6.54 Å². The van der Waals surface area contributed by atoms with Crippen LogP contribution in [0.5, 0.6) is 0 Å².